The Balaban J connectivity index is 1.98. The molecule has 1 aliphatic heterocycles. The number of likely N-dealkylation sites (tertiary alicyclic amines) is 1. The monoisotopic (exact) mass is 325 g/mol. The van der Waals surface area contributed by atoms with Gasteiger partial charge in [0.1, 0.15) is 0 Å². The maximum absolute atomic E-state index is 13.1. The Morgan fingerprint density at radius 3 is 2.58 bits per heavy atom. The second-order valence-electron chi connectivity index (χ2n) is 7.05. The third kappa shape index (κ3) is 2.75. The Labute approximate surface area is 144 Å². The van der Waals surface area contributed by atoms with Crippen LogP contribution in [0.2, 0.25) is 0 Å². The van der Waals surface area contributed by atoms with E-state index in [9.17, 15) is 4.79 Å². The second kappa shape index (κ2) is 6.44. The standard InChI is InChI=1S/C20H27N3O/c1-13-7-5-6-8-19(13)23-15(3)10-18(16(23)4)20(24)22-12-17(11-21)9-14(22)2/h5-8,10,14,17H,9,11-12,21H2,1-4H3. The quantitative estimate of drug-likeness (QED) is 0.942. The van der Waals surface area contributed by atoms with Crippen molar-refractivity contribution in [1.82, 2.24) is 9.47 Å². The minimum Gasteiger partial charge on any atom is -0.336 e. The summed E-state index contributed by atoms with van der Waals surface area (Å²) < 4.78 is 2.18. The van der Waals surface area contributed by atoms with Crippen molar-refractivity contribution in [2.24, 2.45) is 11.7 Å². The average molecular weight is 325 g/mol. The summed E-state index contributed by atoms with van der Waals surface area (Å²) in [6.07, 6.45) is 0.999. The number of nitrogens with zero attached hydrogens (tertiary/aromatic N) is 2. The molecular formula is C20H27N3O. The van der Waals surface area contributed by atoms with Crippen molar-refractivity contribution in [3.05, 3.63) is 52.8 Å². The number of benzene rings is 1. The Morgan fingerprint density at radius 1 is 1.25 bits per heavy atom. The molecule has 2 heterocycles. The summed E-state index contributed by atoms with van der Waals surface area (Å²) in [5.41, 5.74) is 11.1. The van der Waals surface area contributed by atoms with Gasteiger partial charge in [-0.05, 0) is 64.3 Å². The molecule has 2 atom stereocenters. The van der Waals surface area contributed by atoms with Crippen LogP contribution in [0.1, 0.15) is 40.7 Å². The maximum atomic E-state index is 13.1. The van der Waals surface area contributed by atoms with Crippen molar-refractivity contribution in [2.75, 3.05) is 13.1 Å². The lowest BCUT2D eigenvalue weighted by Gasteiger charge is -2.21. The Morgan fingerprint density at radius 2 is 1.96 bits per heavy atom. The molecule has 2 aromatic rings. The molecule has 0 saturated carbocycles. The largest absolute Gasteiger partial charge is 0.336 e. The molecule has 0 radical (unpaired) electrons. The van der Waals surface area contributed by atoms with Crippen LogP contribution in [0.4, 0.5) is 0 Å². The van der Waals surface area contributed by atoms with Crippen molar-refractivity contribution in [1.29, 1.82) is 0 Å². The van der Waals surface area contributed by atoms with Crippen LogP contribution >= 0.6 is 0 Å². The fourth-order valence-corrected chi connectivity index (χ4v) is 3.92. The summed E-state index contributed by atoms with van der Waals surface area (Å²) in [6, 6.07) is 10.6. The Bertz CT molecular complexity index is 762. The summed E-state index contributed by atoms with van der Waals surface area (Å²) in [7, 11) is 0. The molecule has 1 aromatic heterocycles. The van der Waals surface area contributed by atoms with E-state index in [1.54, 1.807) is 0 Å². The van der Waals surface area contributed by atoms with Gasteiger partial charge in [0, 0.05) is 29.7 Å². The van der Waals surface area contributed by atoms with Gasteiger partial charge in [0.05, 0.1) is 5.56 Å². The van der Waals surface area contributed by atoms with E-state index >= 15 is 0 Å². The molecule has 2 N–H and O–H groups in total. The average Bonchev–Trinajstić information content (AvgIpc) is 3.08. The fraction of sp³-hybridized carbons (Fsp3) is 0.450. The van der Waals surface area contributed by atoms with Crippen LogP contribution in [0.15, 0.2) is 30.3 Å². The van der Waals surface area contributed by atoms with Crippen LogP contribution in [0.3, 0.4) is 0 Å². The van der Waals surface area contributed by atoms with Crippen molar-refractivity contribution in [2.45, 2.75) is 40.2 Å². The molecule has 1 saturated heterocycles. The van der Waals surface area contributed by atoms with Crippen LogP contribution in [-0.2, 0) is 0 Å². The second-order valence-corrected chi connectivity index (χ2v) is 7.05. The molecule has 0 aliphatic carbocycles. The predicted octanol–water partition coefficient (Wildman–Crippen LogP) is 3.21. The first-order valence-corrected chi connectivity index (χ1v) is 8.70. The number of aryl methyl sites for hydroxylation is 2. The highest BCUT2D eigenvalue weighted by Crippen LogP contribution is 2.28. The Hall–Kier alpha value is -2.07. The lowest BCUT2D eigenvalue weighted by Crippen LogP contribution is -2.34. The number of amides is 1. The first-order valence-electron chi connectivity index (χ1n) is 8.70. The van der Waals surface area contributed by atoms with Crippen LogP contribution in [0, 0.1) is 26.7 Å². The minimum absolute atomic E-state index is 0.131. The van der Waals surface area contributed by atoms with Crippen LogP contribution in [0.25, 0.3) is 5.69 Å². The molecule has 3 rings (SSSR count). The van der Waals surface area contributed by atoms with Crippen LogP contribution in [-0.4, -0.2) is 34.5 Å². The zero-order chi connectivity index (χ0) is 17.4. The summed E-state index contributed by atoms with van der Waals surface area (Å²) in [5.74, 6) is 0.551. The smallest absolute Gasteiger partial charge is 0.255 e. The van der Waals surface area contributed by atoms with Gasteiger partial charge in [-0.15, -0.1) is 0 Å². The van der Waals surface area contributed by atoms with Crippen molar-refractivity contribution in [3.8, 4) is 5.69 Å². The van der Waals surface area contributed by atoms with Gasteiger partial charge in [0.25, 0.3) is 5.91 Å². The van der Waals surface area contributed by atoms with E-state index in [1.807, 2.05) is 30.0 Å². The Kier molecular flexibility index (Phi) is 4.50. The molecule has 2 unspecified atom stereocenters. The van der Waals surface area contributed by atoms with Gasteiger partial charge >= 0.3 is 0 Å². The number of hydrogen-bond donors (Lipinski definition) is 1. The van der Waals surface area contributed by atoms with Crippen molar-refractivity contribution in [3.63, 3.8) is 0 Å². The highest BCUT2D eigenvalue weighted by atomic mass is 16.2. The highest BCUT2D eigenvalue weighted by Gasteiger charge is 2.33. The first-order chi connectivity index (χ1) is 11.4. The van der Waals surface area contributed by atoms with Crippen molar-refractivity contribution >= 4 is 5.91 Å². The lowest BCUT2D eigenvalue weighted by molar-refractivity contribution is 0.0742. The van der Waals surface area contributed by atoms with Crippen LogP contribution in [0.5, 0.6) is 0 Å². The third-order valence-electron chi connectivity index (χ3n) is 5.27. The van der Waals surface area contributed by atoms with Gasteiger partial charge in [0.15, 0.2) is 0 Å². The van der Waals surface area contributed by atoms with Gasteiger partial charge < -0.3 is 15.2 Å². The van der Waals surface area contributed by atoms with E-state index < -0.39 is 0 Å². The van der Waals surface area contributed by atoms with Gasteiger partial charge in [0.2, 0.25) is 0 Å². The number of hydrogen-bond acceptors (Lipinski definition) is 2. The molecule has 24 heavy (non-hydrogen) atoms. The summed E-state index contributed by atoms with van der Waals surface area (Å²) in [4.78, 5) is 15.1. The van der Waals surface area contributed by atoms with Crippen LogP contribution < -0.4 is 5.73 Å². The normalized spacial score (nSPS) is 20.6. The third-order valence-corrected chi connectivity index (χ3v) is 5.27. The zero-order valence-corrected chi connectivity index (χ0v) is 15.0. The van der Waals surface area contributed by atoms with Gasteiger partial charge in [-0.3, -0.25) is 4.79 Å². The number of rotatable bonds is 3. The molecule has 1 aromatic carbocycles. The number of aromatic nitrogens is 1. The first kappa shape index (κ1) is 16.8. The molecule has 1 amide bonds. The van der Waals surface area contributed by atoms with E-state index in [1.165, 1.54) is 5.56 Å². The number of carbonyl (C=O) groups excluding carboxylic acids is 1. The highest BCUT2D eigenvalue weighted by molar-refractivity contribution is 5.96. The number of carbonyl (C=O) groups is 1. The van der Waals surface area contributed by atoms with Crippen molar-refractivity contribution < 1.29 is 4.79 Å². The molecule has 128 valence electrons. The van der Waals surface area contributed by atoms with E-state index in [0.717, 1.165) is 35.6 Å². The molecule has 4 heteroatoms. The summed E-state index contributed by atoms with van der Waals surface area (Å²) in [5, 5.41) is 0. The summed E-state index contributed by atoms with van der Waals surface area (Å²) >= 11 is 0. The molecular weight excluding hydrogens is 298 g/mol. The van der Waals surface area contributed by atoms with Gasteiger partial charge in [-0.25, -0.2) is 0 Å². The van der Waals surface area contributed by atoms with Gasteiger partial charge in [-0.1, -0.05) is 18.2 Å². The van der Waals surface area contributed by atoms with E-state index in [0.29, 0.717) is 12.5 Å². The van der Waals surface area contributed by atoms with E-state index in [-0.39, 0.29) is 11.9 Å². The van der Waals surface area contributed by atoms with E-state index in [2.05, 4.69) is 37.5 Å². The SMILES string of the molecule is Cc1ccccc1-n1c(C)cc(C(=O)N2CC(CN)CC2C)c1C. The maximum Gasteiger partial charge on any atom is 0.255 e. The molecule has 1 fully saturated rings. The molecule has 4 nitrogen and oxygen atoms in total. The minimum atomic E-state index is 0.131. The topological polar surface area (TPSA) is 51.3 Å². The lowest BCUT2D eigenvalue weighted by atomic mass is 10.1. The zero-order valence-electron chi connectivity index (χ0n) is 15.0. The number of para-hydroxylation sites is 1. The predicted molar refractivity (Wildman–Crippen MR) is 97.6 cm³/mol. The van der Waals surface area contributed by atoms with Gasteiger partial charge in [-0.2, -0.15) is 0 Å². The fourth-order valence-electron chi connectivity index (χ4n) is 3.92. The molecule has 0 bridgehead atoms. The molecule has 1 aliphatic rings. The van der Waals surface area contributed by atoms with E-state index in [4.69, 9.17) is 5.73 Å². The summed E-state index contributed by atoms with van der Waals surface area (Å²) in [6.45, 7) is 9.74. The molecule has 0 spiro atoms. The number of nitrogens with two attached hydrogens (primary N) is 1.